The summed E-state index contributed by atoms with van der Waals surface area (Å²) in [7, 11) is 0. The average Bonchev–Trinajstić information content (AvgIpc) is 2.48. The molecule has 0 aliphatic rings. The van der Waals surface area contributed by atoms with E-state index in [1.807, 2.05) is 32.0 Å². The summed E-state index contributed by atoms with van der Waals surface area (Å²) in [6.45, 7) is 3.92. The number of carbonyl (C=O) groups excluding carboxylic acids is 1. The Morgan fingerprint density at radius 2 is 1.74 bits per heavy atom. The summed E-state index contributed by atoms with van der Waals surface area (Å²) in [5.74, 6) is -0.414. The van der Waals surface area contributed by atoms with Crippen LogP contribution >= 0.6 is 0 Å². The molecule has 0 aliphatic carbocycles. The van der Waals surface area contributed by atoms with Crippen molar-refractivity contribution in [2.45, 2.75) is 20.0 Å². The summed E-state index contributed by atoms with van der Waals surface area (Å²) in [4.78, 5) is 11.8. The molecule has 0 bridgehead atoms. The second-order valence-corrected chi connectivity index (χ2v) is 5.28. The summed E-state index contributed by atoms with van der Waals surface area (Å²) < 4.78 is 37.9. The first-order valence-electron chi connectivity index (χ1n) is 7.04. The van der Waals surface area contributed by atoms with Crippen molar-refractivity contribution < 1.29 is 18.0 Å². The van der Waals surface area contributed by atoms with E-state index < -0.39 is 17.6 Å². The summed E-state index contributed by atoms with van der Waals surface area (Å²) >= 11 is 0. The van der Waals surface area contributed by atoms with Crippen LogP contribution in [0.1, 0.15) is 16.7 Å². The number of amides is 1. The third-order valence-corrected chi connectivity index (χ3v) is 3.43. The summed E-state index contributed by atoms with van der Waals surface area (Å²) in [6.07, 6.45) is -4.43. The third kappa shape index (κ3) is 4.74. The van der Waals surface area contributed by atoms with Crippen LogP contribution in [0.5, 0.6) is 0 Å². The lowest BCUT2D eigenvalue weighted by Crippen LogP contribution is -2.22. The molecule has 0 saturated heterocycles. The standard InChI is InChI=1S/C17H17F3N2O/c1-11-6-7-14(8-12(11)2)21-10-16(23)22-15-5-3-4-13(9-15)17(18,19)20/h3-9,21H,10H2,1-2H3,(H,22,23). The molecule has 3 nitrogen and oxygen atoms in total. The first-order chi connectivity index (χ1) is 10.8. The minimum Gasteiger partial charge on any atom is -0.376 e. The van der Waals surface area contributed by atoms with Gasteiger partial charge in [0.1, 0.15) is 0 Å². The molecule has 2 rings (SSSR count). The molecule has 0 unspecified atom stereocenters. The Morgan fingerprint density at radius 1 is 1.00 bits per heavy atom. The van der Waals surface area contributed by atoms with Crippen molar-refractivity contribution in [3.63, 3.8) is 0 Å². The maximum absolute atomic E-state index is 12.6. The van der Waals surface area contributed by atoms with Crippen molar-refractivity contribution in [1.82, 2.24) is 0 Å². The number of hydrogen-bond donors (Lipinski definition) is 2. The van der Waals surface area contributed by atoms with Gasteiger partial charge in [0.15, 0.2) is 0 Å². The van der Waals surface area contributed by atoms with Crippen molar-refractivity contribution in [1.29, 1.82) is 0 Å². The zero-order valence-corrected chi connectivity index (χ0v) is 12.8. The summed E-state index contributed by atoms with van der Waals surface area (Å²) in [5, 5.41) is 5.39. The number of carbonyl (C=O) groups is 1. The SMILES string of the molecule is Cc1ccc(NCC(=O)Nc2cccc(C(F)(F)F)c2)cc1C. The molecule has 0 spiro atoms. The minimum atomic E-state index is -4.43. The van der Waals surface area contributed by atoms with Gasteiger partial charge in [0.25, 0.3) is 0 Å². The summed E-state index contributed by atoms with van der Waals surface area (Å²) in [6, 6.07) is 10.2. The van der Waals surface area contributed by atoms with Crippen LogP contribution in [0.2, 0.25) is 0 Å². The number of halogens is 3. The predicted molar refractivity (Wildman–Crippen MR) is 84.5 cm³/mol. The van der Waals surface area contributed by atoms with Crippen molar-refractivity contribution in [2.75, 3.05) is 17.2 Å². The molecule has 122 valence electrons. The van der Waals surface area contributed by atoms with Crippen LogP contribution in [0.15, 0.2) is 42.5 Å². The van der Waals surface area contributed by atoms with Gasteiger partial charge in [-0.15, -0.1) is 0 Å². The lowest BCUT2D eigenvalue weighted by molar-refractivity contribution is -0.137. The molecule has 0 aliphatic heterocycles. The highest BCUT2D eigenvalue weighted by molar-refractivity contribution is 5.93. The molecule has 0 fully saturated rings. The van der Waals surface area contributed by atoms with E-state index >= 15 is 0 Å². The lowest BCUT2D eigenvalue weighted by atomic mass is 10.1. The number of alkyl halides is 3. The fourth-order valence-electron chi connectivity index (χ4n) is 2.01. The molecular formula is C17H17F3N2O. The molecule has 2 aromatic rings. The van der Waals surface area contributed by atoms with E-state index in [1.165, 1.54) is 12.1 Å². The Kier molecular flexibility index (Phi) is 4.93. The van der Waals surface area contributed by atoms with E-state index in [4.69, 9.17) is 0 Å². The largest absolute Gasteiger partial charge is 0.416 e. The smallest absolute Gasteiger partial charge is 0.376 e. The fraction of sp³-hybridized carbons (Fsp3) is 0.235. The van der Waals surface area contributed by atoms with E-state index in [0.717, 1.165) is 28.9 Å². The molecule has 0 atom stereocenters. The highest BCUT2D eigenvalue weighted by Gasteiger charge is 2.30. The first kappa shape index (κ1) is 16.9. The van der Waals surface area contributed by atoms with Gasteiger partial charge in [-0.2, -0.15) is 13.2 Å². The highest BCUT2D eigenvalue weighted by atomic mass is 19.4. The van der Waals surface area contributed by atoms with E-state index in [9.17, 15) is 18.0 Å². The van der Waals surface area contributed by atoms with Gasteiger partial charge in [0, 0.05) is 11.4 Å². The molecule has 0 aromatic heterocycles. The zero-order chi connectivity index (χ0) is 17.0. The maximum Gasteiger partial charge on any atom is 0.416 e. The topological polar surface area (TPSA) is 41.1 Å². The molecule has 1 amide bonds. The Labute approximate surface area is 132 Å². The van der Waals surface area contributed by atoms with E-state index in [-0.39, 0.29) is 12.2 Å². The average molecular weight is 322 g/mol. The predicted octanol–water partition coefficient (Wildman–Crippen LogP) is 4.37. The van der Waals surface area contributed by atoms with Crippen LogP contribution in [-0.4, -0.2) is 12.5 Å². The van der Waals surface area contributed by atoms with E-state index in [1.54, 1.807) is 0 Å². The minimum absolute atomic E-state index is 0.0290. The van der Waals surface area contributed by atoms with Gasteiger partial charge in [-0.05, 0) is 55.3 Å². The molecule has 0 saturated carbocycles. The van der Waals surface area contributed by atoms with Crippen molar-refractivity contribution in [2.24, 2.45) is 0 Å². The van der Waals surface area contributed by atoms with Gasteiger partial charge >= 0.3 is 6.18 Å². The quantitative estimate of drug-likeness (QED) is 0.877. The van der Waals surface area contributed by atoms with Gasteiger partial charge < -0.3 is 10.6 Å². The van der Waals surface area contributed by atoms with Crippen LogP contribution in [0, 0.1) is 13.8 Å². The fourth-order valence-corrected chi connectivity index (χ4v) is 2.01. The zero-order valence-electron chi connectivity index (χ0n) is 12.8. The van der Waals surface area contributed by atoms with Crippen LogP contribution < -0.4 is 10.6 Å². The molecule has 2 aromatic carbocycles. The molecule has 6 heteroatoms. The Balaban J connectivity index is 1.96. The highest BCUT2D eigenvalue weighted by Crippen LogP contribution is 2.30. The van der Waals surface area contributed by atoms with Gasteiger partial charge in [-0.3, -0.25) is 4.79 Å². The van der Waals surface area contributed by atoms with Crippen molar-refractivity contribution in [3.05, 3.63) is 59.2 Å². The van der Waals surface area contributed by atoms with E-state index in [2.05, 4.69) is 10.6 Å². The van der Waals surface area contributed by atoms with Gasteiger partial charge in [0.05, 0.1) is 12.1 Å². The van der Waals surface area contributed by atoms with Gasteiger partial charge in [-0.25, -0.2) is 0 Å². The monoisotopic (exact) mass is 322 g/mol. The Hall–Kier alpha value is -2.50. The number of anilines is 2. The maximum atomic E-state index is 12.6. The summed E-state index contributed by atoms with van der Waals surface area (Å²) in [5.41, 5.74) is 2.34. The van der Waals surface area contributed by atoms with Gasteiger partial charge in [-0.1, -0.05) is 12.1 Å². The number of benzene rings is 2. The van der Waals surface area contributed by atoms with Gasteiger partial charge in [0.2, 0.25) is 5.91 Å². The number of nitrogens with one attached hydrogen (secondary N) is 2. The van der Waals surface area contributed by atoms with Crippen LogP contribution in [0.3, 0.4) is 0 Å². The number of rotatable bonds is 4. The number of aryl methyl sites for hydroxylation is 2. The molecule has 2 N–H and O–H groups in total. The van der Waals surface area contributed by atoms with Crippen molar-refractivity contribution in [3.8, 4) is 0 Å². The van der Waals surface area contributed by atoms with Crippen LogP contribution in [0.4, 0.5) is 24.5 Å². The lowest BCUT2D eigenvalue weighted by Gasteiger charge is -2.11. The third-order valence-electron chi connectivity index (χ3n) is 3.43. The second kappa shape index (κ2) is 6.73. The second-order valence-electron chi connectivity index (χ2n) is 5.28. The molecule has 23 heavy (non-hydrogen) atoms. The Bertz CT molecular complexity index is 711. The molecular weight excluding hydrogens is 305 g/mol. The number of hydrogen-bond acceptors (Lipinski definition) is 2. The first-order valence-corrected chi connectivity index (χ1v) is 7.04. The van der Waals surface area contributed by atoms with E-state index in [0.29, 0.717) is 0 Å². The van der Waals surface area contributed by atoms with Crippen LogP contribution in [-0.2, 0) is 11.0 Å². The Morgan fingerprint density at radius 3 is 2.39 bits per heavy atom. The van der Waals surface area contributed by atoms with Crippen LogP contribution in [0.25, 0.3) is 0 Å². The molecule has 0 heterocycles. The molecule has 0 radical (unpaired) electrons. The normalized spacial score (nSPS) is 11.2. The van der Waals surface area contributed by atoms with Crippen molar-refractivity contribution >= 4 is 17.3 Å².